The Bertz CT molecular complexity index is 219. The summed E-state index contributed by atoms with van der Waals surface area (Å²) in [5, 5.41) is 3.47. The van der Waals surface area contributed by atoms with Crippen molar-refractivity contribution in [3.63, 3.8) is 0 Å². The number of nitrogens with one attached hydrogen (secondary N) is 1. The summed E-state index contributed by atoms with van der Waals surface area (Å²) in [6, 6.07) is 0. The molecular weight excluding hydrogens is 214 g/mol. The molecule has 2 aliphatic carbocycles. The third-order valence-electron chi connectivity index (χ3n) is 4.80. The van der Waals surface area contributed by atoms with Gasteiger partial charge in [0.15, 0.2) is 0 Å². The van der Waals surface area contributed by atoms with Crippen LogP contribution < -0.4 is 5.32 Å². The van der Waals surface area contributed by atoms with Crippen LogP contribution >= 0.6 is 11.8 Å². The average Bonchev–Trinajstić information content (AvgIpc) is 2.85. The van der Waals surface area contributed by atoms with E-state index in [1.807, 2.05) is 0 Å². The lowest BCUT2D eigenvalue weighted by Crippen LogP contribution is -2.37. The van der Waals surface area contributed by atoms with Gasteiger partial charge in [-0.2, -0.15) is 11.8 Å². The molecule has 0 saturated heterocycles. The molecule has 0 spiro atoms. The molecule has 0 aromatic rings. The van der Waals surface area contributed by atoms with Crippen LogP contribution in [-0.4, -0.2) is 25.1 Å². The smallest absolute Gasteiger partial charge is 0.000757 e. The Morgan fingerprint density at radius 3 is 2.81 bits per heavy atom. The molecular formula is C14H27NS. The van der Waals surface area contributed by atoms with E-state index in [-0.39, 0.29) is 0 Å². The van der Waals surface area contributed by atoms with Crippen LogP contribution in [0.5, 0.6) is 0 Å². The van der Waals surface area contributed by atoms with Crippen molar-refractivity contribution in [1.29, 1.82) is 0 Å². The molecule has 3 atom stereocenters. The van der Waals surface area contributed by atoms with Crippen molar-refractivity contribution in [3.05, 3.63) is 0 Å². The number of rotatable bonds is 7. The molecule has 2 heteroatoms. The SMILES string of the molecule is CCSCCCC1(CNC)CC2CCC1C2. The summed E-state index contributed by atoms with van der Waals surface area (Å²) < 4.78 is 0. The predicted octanol–water partition coefficient (Wildman–Crippen LogP) is 3.55. The van der Waals surface area contributed by atoms with Crippen molar-refractivity contribution in [2.24, 2.45) is 17.3 Å². The highest BCUT2D eigenvalue weighted by molar-refractivity contribution is 7.99. The topological polar surface area (TPSA) is 12.0 Å². The maximum atomic E-state index is 3.47. The van der Waals surface area contributed by atoms with Gasteiger partial charge >= 0.3 is 0 Å². The zero-order valence-electron chi connectivity index (χ0n) is 10.9. The first-order valence-electron chi connectivity index (χ1n) is 7.03. The summed E-state index contributed by atoms with van der Waals surface area (Å²) in [6.45, 7) is 3.54. The van der Waals surface area contributed by atoms with Crippen molar-refractivity contribution in [2.75, 3.05) is 25.1 Å². The first kappa shape index (κ1) is 12.8. The third-order valence-corrected chi connectivity index (χ3v) is 5.78. The molecule has 2 rings (SSSR count). The summed E-state index contributed by atoms with van der Waals surface area (Å²) in [7, 11) is 2.13. The van der Waals surface area contributed by atoms with E-state index in [4.69, 9.17) is 0 Å². The molecule has 2 bridgehead atoms. The summed E-state index contributed by atoms with van der Waals surface area (Å²) in [6.07, 6.45) is 9.02. The highest BCUT2D eigenvalue weighted by Crippen LogP contribution is 2.57. The first-order valence-corrected chi connectivity index (χ1v) is 8.18. The fourth-order valence-electron chi connectivity index (χ4n) is 4.19. The minimum Gasteiger partial charge on any atom is -0.319 e. The fraction of sp³-hybridized carbons (Fsp3) is 1.00. The summed E-state index contributed by atoms with van der Waals surface area (Å²) in [5.74, 6) is 4.79. The van der Waals surface area contributed by atoms with Gasteiger partial charge in [0, 0.05) is 6.54 Å². The van der Waals surface area contributed by atoms with Gasteiger partial charge in [0.25, 0.3) is 0 Å². The van der Waals surface area contributed by atoms with Crippen LogP contribution in [0.4, 0.5) is 0 Å². The first-order chi connectivity index (χ1) is 7.80. The van der Waals surface area contributed by atoms with Gasteiger partial charge in [0.2, 0.25) is 0 Å². The normalized spacial score (nSPS) is 37.1. The zero-order chi connectivity index (χ0) is 11.4. The molecule has 0 radical (unpaired) electrons. The summed E-state index contributed by atoms with van der Waals surface area (Å²) in [4.78, 5) is 0. The van der Waals surface area contributed by atoms with Crippen molar-refractivity contribution < 1.29 is 0 Å². The average molecular weight is 241 g/mol. The van der Waals surface area contributed by atoms with Crippen LogP contribution in [-0.2, 0) is 0 Å². The van der Waals surface area contributed by atoms with E-state index in [0.717, 1.165) is 11.8 Å². The predicted molar refractivity (Wildman–Crippen MR) is 74.0 cm³/mol. The molecule has 0 aromatic carbocycles. The Balaban J connectivity index is 1.84. The number of hydrogen-bond acceptors (Lipinski definition) is 2. The van der Waals surface area contributed by atoms with Crippen LogP contribution in [0, 0.1) is 17.3 Å². The molecule has 2 aliphatic rings. The van der Waals surface area contributed by atoms with Crippen molar-refractivity contribution in [2.45, 2.75) is 45.4 Å². The Labute approximate surface area is 105 Å². The lowest BCUT2D eigenvalue weighted by atomic mass is 9.70. The van der Waals surface area contributed by atoms with Gasteiger partial charge < -0.3 is 5.32 Å². The lowest BCUT2D eigenvalue weighted by molar-refractivity contribution is 0.145. The maximum Gasteiger partial charge on any atom is 0.000757 e. The van der Waals surface area contributed by atoms with Gasteiger partial charge in [-0.05, 0) is 67.9 Å². The molecule has 1 nitrogen and oxygen atoms in total. The van der Waals surface area contributed by atoms with E-state index in [0.29, 0.717) is 5.41 Å². The van der Waals surface area contributed by atoms with Crippen LogP contribution in [0.15, 0.2) is 0 Å². The van der Waals surface area contributed by atoms with Gasteiger partial charge in [-0.25, -0.2) is 0 Å². The van der Waals surface area contributed by atoms with Gasteiger partial charge in [-0.15, -0.1) is 0 Å². The Hall–Kier alpha value is 0.310. The number of hydrogen-bond donors (Lipinski definition) is 1. The van der Waals surface area contributed by atoms with Gasteiger partial charge in [-0.1, -0.05) is 13.3 Å². The molecule has 2 saturated carbocycles. The Morgan fingerprint density at radius 2 is 2.25 bits per heavy atom. The second-order valence-electron chi connectivity index (χ2n) is 5.77. The molecule has 0 amide bonds. The molecule has 0 aromatic heterocycles. The second kappa shape index (κ2) is 5.77. The van der Waals surface area contributed by atoms with Crippen molar-refractivity contribution in [1.82, 2.24) is 5.32 Å². The highest BCUT2D eigenvalue weighted by atomic mass is 32.2. The van der Waals surface area contributed by atoms with E-state index in [2.05, 4.69) is 31.1 Å². The molecule has 0 heterocycles. The van der Waals surface area contributed by atoms with E-state index in [1.165, 1.54) is 50.2 Å². The van der Waals surface area contributed by atoms with E-state index >= 15 is 0 Å². The van der Waals surface area contributed by atoms with Crippen molar-refractivity contribution in [3.8, 4) is 0 Å². The summed E-state index contributed by atoms with van der Waals surface area (Å²) >= 11 is 2.11. The molecule has 1 N–H and O–H groups in total. The fourth-order valence-corrected chi connectivity index (χ4v) is 4.83. The van der Waals surface area contributed by atoms with Crippen LogP contribution in [0.3, 0.4) is 0 Å². The monoisotopic (exact) mass is 241 g/mol. The van der Waals surface area contributed by atoms with Crippen molar-refractivity contribution >= 4 is 11.8 Å². The Kier molecular flexibility index (Phi) is 4.60. The highest BCUT2D eigenvalue weighted by Gasteiger charge is 2.49. The second-order valence-corrected chi connectivity index (χ2v) is 7.17. The quantitative estimate of drug-likeness (QED) is 0.684. The zero-order valence-corrected chi connectivity index (χ0v) is 11.7. The van der Waals surface area contributed by atoms with Crippen LogP contribution in [0.2, 0.25) is 0 Å². The van der Waals surface area contributed by atoms with E-state index in [9.17, 15) is 0 Å². The standard InChI is InChI=1S/C14H27NS/c1-3-16-8-4-7-14(11-15-2)10-12-5-6-13(14)9-12/h12-13,15H,3-11H2,1-2H3. The van der Waals surface area contributed by atoms with Crippen LogP contribution in [0.1, 0.15) is 45.4 Å². The number of fused-ring (bicyclic) bond motifs is 2. The van der Waals surface area contributed by atoms with Gasteiger partial charge in [-0.3, -0.25) is 0 Å². The van der Waals surface area contributed by atoms with Crippen LogP contribution in [0.25, 0.3) is 0 Å². The minimum absolute atomic E-state index is 0.686. The largest absolute Gasteiger partial charge is 0.319 e. The maximum absolute atomic E-state index is 3.47. The van der Waals surface area contributed by atoms with E-state index < -0.39 is 0 Å². The molecule has 2 fully saturated rings. The van der Waals surface area contributed by atoms with Gasteiger partial charge in [0.1, 0.15) is 0 Å². The molecule has 16 heavy (non-hydrogen) atoms. The lowest BCUT2D eigenvalue weighted by Gasteiger charge is -2.38. The number of thioether (sulfide) groups is 1. The molecule has 0 aliphatic heterocycles. The third kappa shape index (κ3) is 2.59. The molecule has 3 unspecified atom stereocenters. The van der Waals surface area contributed by atoms with Gasteiger partial charge in [0.05, 0.1) is 0 Å². The summed E-state index contributed by atoms with van der Waals surface area (Å²) in [5.41, 5.74) is 0.686. The minimum atomic E-state index is 0.686. The Morgan fingerprint density at radius 1 is 1.38 bits per heavy atom. The molecule has 94 valence electrons. The van der Waals surface area contributed by atoms with E-state index in [1.54, 1.807) is 6.42 Å².